The van der Waals surface area contributed by atoms with Gasteiger partial charge in [-0.2, -0.15) is 0 Å². The van der Waals surface area contributed by atoms with Crippen molar-refractivity contribution >= 4 is 5.91 Å². The Morgan fingerprint density at radius 2 is 1.77 bits per heavy atom. The topological polar surface area (TPSA) is 38.8 Å². The molecule has 0 aromatic heterocycles. The average Bonchev–Trinajstić information content (AvgIpc) is 2.50. The Balaban J connectivity index is 1.56. The number of piperazine rings is 1. The lowest BCUT2D eigenvalue weighted by Crippen LogP contribution is -2.49. The van der Waals surface area contributed by atoms with Gasteiger partial charge >= 0.3 is 0 Å². The molecule has 1 N–H and O–H groups in total. The highest BCUT2D eigenvalue weighted by Gasteiger charge is 2.20. The van der Waals surface area contributed by atoms with Gasteiger partial charge in [0.15, 0.2) is 0 Å². The fourth-order valence-corrected chi connectivity index (χ4v) is 3.32. The molecule has 2 aliphatic heterocycles. The SMILES string of the molecule is CC1CCN(C(=O)CCN[C@H](C)CN2CCN(C)CC2)CC1. The summed E-state index contributed by atoms with van der Waals surface area (Å²) in [4.78, 5) is 19.1. The first-order chi connectivity index (χ1) is 10.5. The number of piperidine rings is 1. The number of amides is 1. The van der Waals surface area contributed by atoms with Crippen molar-refractivity contribution in [3.8, 4) is 0 Å². The standard InChI is InChI=1S/C17H34N4O/c1-15-5-8-21(9-6-15)17(22)4-7-18-16(2)14-20-12-10-19(3)11-13-20/h15-16,18H,4-14H2,1-3H3/t16-/m1/s1. The fraction of sp³-hybridized carbons (Fsp3) is 0.941. The Morgan fingerprint density at radius 1 is 1.14 bits per heavy atom. The molecule has 0 aromatic rings. The van der Waals surface area contributed by atoms with E-state index in [-0.39, 0.29) is 0 Å². The first-order valence-electron chi connectivity index (χ1n) is 8.96. The van der Waals surface area contributed by atoms with Crippen molar-refractivity contribution in [1.29, 1.82) is 0 Å². The van der Waals surface area contributed by atoms with Gasteiger partial charge in [-0.25, -0.2) is 0 Å². The van der Waals surface area contributed by atoms with Crippen molar-refractivity contribution in [1.82, 2.24) is 20.0 Å². The number of nitrogens with zero attached hydrogens (tertiary/aromatic N) is 3. The molecule has 2 heterocycles. The van der Waals surface area contributed by atoms with Crippen LogP contribution in [0.3, 0.4) is 0 Å². The van der Waals surface area contributed by atoms with Gasteiger partial charge in [-0.15, -0.1) is 0 Å². The van der Waals surface area contributed by atoms with Gasteiger partial charge in [-0.1, -0.05) is 6.92 Å². The average molecular weight is 310 g/mol. The molecule has 5 nitrogen and oxygen atoms in total. The zero-order valence-corrected chi connectivity index (χ0v) is 14.7. The normalized spacial score (nSPS) is 23.7. The number of carbonyl (C=O) groups excluding carboxylic acids is 1. The van der Waals surface area contributed by atoms with E-state index in [1.54, 1.807) is 0 Å². The van der Waals surface area contributed by atoms with E-state index in [9.17, 15) is 4.79 Å². The van der Waals surface area contributed by atoms with Crippen molar-refractivity contribution in [2.75, 3.05) is 59.4 Å². The van der Waals surface area contributed by atoms with Crippen LogP contribution in [0.5, 0.6) is 0 Å². The fourth-order valence-electron chi connectivity index (χ4n) is 3.32. The summed E-state index contributed by atoms with van der Waals surface area (Å²) in [6.45, 7) is 13.0. The van der Waals surface area contributed by atoms with Gasteiger partial charge < -0.3 is 15.1 Å². The molecule has 2 fully saturated rings. The molecule has 2 aliphatic rings. The minimum atomic E-state index is 0.325. The molecule has 2 rings (SSSR count). The molecule has 0 saturated carbocycles. The van der Waals surface area contributed by atoms with Crippen molar-refractivity contribution in [3.63, 3.8) is 0 Å². The number of hydrogen-bond donors (Lipinski definition) is 1. The third kappa shape index (κ3) is 5.86. The smallest absolute Gasteiger partial charge is 0.223 e. The lowest BCUT2D eigenvalue weighted by atomic mass is 9.99. The summed E-state index contributed by atoms with van der Waals surface area (Å²) < 4.78 is 0. The zero-order valence-electron chi connectivity index (χ0n) is 14.7. The van der Waals surface area contributed by atoms with E-state index in [1.165, 1.54) is 25.9 Å². The first kappa shape index (κ1) is 17.7. The Kier molecular flexibility index (Phi) is 7.12. The van der Waals surface area contributed by atoms with Crippen LogP contribution in [0.25, 0.3) is 0 Å². The summed E-state index contributed by atoms with van der Waals surface area (Å²) in [6.07, 6.45) is 2.97. The van der Waals surface area contributed by atoms with Crippen LogP contribution >= 0.6 is 0 Å². The Bertz CT molecular complexity index is 334. The van der Waals surface area contributed by atoms with E-state index < -0.39 is 0 Å². The van der Waals surface area contributed by atoms with E-state index in [0.717, 1.165) is 45.2 Å². The molecular formula is C17H34N4O. The molecule has 0 spiro atoms. The summed E-state index contributed by atoms with van der Waals surface area (Å²) in [5.41, 5.74) is 0. The molecule has 2 saturated heterocycles. The third-order valence-corrected chi connectivity index (χ3v) is 5.10. The number of likely N-dealkylation sites (tertiary alicyclic amines) is 1. The minimum Gasteiger partial charge on any atom is -0.343 e. The van der Waals surface area contributed by atoms with Crippen LogP contribution in [0.1, 0.15) is 33.1 Å². The van der Waals surface area contributed by atoms with Crippen molar-refractivity contribution < 1.29 is 4.79 Å². The van der Waals surface area contributed by atoms with Gasteiger partial charge in [-0.3, -0.25) is 9.69 Å². The van der Waals surface area contributed by atoms with Gasteiger partial charge in [0.05, 0.1) is 0 Å². The zero-order chi connectivity index (χ0) is 15.9. The van der Waals surface area contributed by atoms with Crippen molar-refractivity contribution in [2.45, 2.75) is 39.2 Å². The third-order valence-electron chi connectivity index (χ3n) is 5.10. The van der Waals surface area contributed by atoms with E-state index in [1.807, 2.05) is 4.90 Å². The molecule has 0 bridgehead atoms. The molecule has 1 amide bonds. The second kappa shape index (κ2) is 8.85. The monoisotopic (exact) mass is 310 g/mol. The molecule has 0 radical (unpaired) electrons. The van der Waals surface area contributed by atoms with Crippen LogP contribution in [0.2, 0.25) is 0 Å². The summed E-state index contributed by atoms with van der Waals surface area (Å²) in [7, 11) is 2.19. The minimum absolute atomic E-state index is 0.325. The van der Waals surface area contributed by atoms with Crippen LogP contribution in [-0.2, 0) is 4.79 Å². The number of nitrogens with one attached hydrogen (secondary N) is 1. The highest BCUT2D eigenvalue weighted by molar-refractivity contribution is 5.76. The predicted molar refractivity (Wildman–Crippen MR) is 91.0 cm³/mol. The molecule has 128 valence electrons. The van der Waals surface area contributed by atoms with Crippen LogP contribution in [0, 0.1) is 5.92 Å². The highest BCUT2D eigenvalue weighted by Crippen LogP contribution is 2.16. The summed E-state index contributed by atoms with van der Waals surface area (Å²) in [5.74, 6) is 1.11. The molecule has 5 heteroatoms. The molecular weight excluding hydrogens is 276 g/mol. The number of rotatable bonds is 6. The number of carbonyl (C=O) groups is 1. The molecule has 1 atom stereocenters. The number of hydrogen-bond acceptors (Lipinski definition) is 4. The van der Waals surface area contributed by atoms with Gasteiger partial charge in [0, 0.05) is 64.8 Å². The van der Waals surface area contributed by atoms with Crippen molar-refractivity contribution in [3.05, 3.63) is 0 Å². The van der Waals surface area contributed by atoms with E-state index in [4.69, 9.17) is 0 Å². The van der Waals surface area contributed by atoms with Gasteiger partial charge in [0.2, 0.25) is 5.91 Å². The molecule has 0 unspecified atom stereocenters. The Labute approximate surface area is 136 Å². The molecule has 0 aliphatic carbocycles. The quantitative estimate of drug-likeness (QED) is 0.790. The second-order valence-corrected chi connectivity index (χ2v) is 7.27. The molecule has 0 aromatic carbocycles. The van der Waals surface area contributed by atoms with Crippen LogP contribution < -0.4 is 5.32 Å². The van der Waals surface area contributed by atoms with Gasteiger partial charge in [0.1, 0.15) is 0 Å². The van der Waals surface area contributed by atoms with Crippen LogP contribution in [-0.4, -0.2) is 86.1 Å². The van der Waals surface area contributed by atoms with E-state index >= 15 is 0 Å². The maximum Gasteiger partial charge on any atom is 0.223 e. The number of likely N-dealkylation sites (N-methyl/N-ethyl adjacent to an activating group) is 1. The van der Waals surface area contributed by atoms with E-state index in [0.29, 0.717) is 18.4 Å². The lowest BCUT2D eigenvalue weighted by molar-refractivity contribution is -0.132. The van der Waals surface area contributed by atoms with Gasteiger partial charge in [-0.05, 0) is 32.7 Å². The predicted octanol–water partition coefficient (Wildman–Crippen LogP) is 0.861. The molecule has 22 heavy (non-hydrogen) atoms. The summed E-state index contributed by atoms with van der Waals surface area (Å²) in [5, 5.41) is 3.52. The summed E-state index contributed by atoms with van der Waals surface area (Å²) in [6, 6.07) is 0.456. The second-order valence-electron chi connectivity index (χ2n) is 7.27. The highest BCUT2D eigenvalue weighted by atomic mass is 16.2. The lowest BCUT2D eigenvalue weighted by Gasteiger charge is -2.34. The van der Waals surface area contributed by atoms with Crippen LogP contribution in [0.4, 0.5) is 0 Å². The van der Waals surface area contributed by atoms with Crippen molar-refractivity contribution in [2.24, 2.45) is 5.92 Å². The Morgan fingerprint density at radius 3 is 2.41 bits per heavy atom. The first-order valence-corrected chi connectivity index (χ1v) is 8.96. The van der Waals surface area contributed by atoms with Crippen LogP contribution in [0.15, 0.2) is 0 Å². The van der Waals surface area contributed by atoms with Gasteiger partial charge in [0.25, 0.3) is 0 Å². The Hall–Kier alpha value is -0.650. The largest absolute Gasteiger partial charge is 0.343 e. The van der Waals surface area contributed by atoms with E-state index in [2.05, 4.69) is 36.0 Å². The summed E-state index contributed by atoms with van der Waals surface area (Å²) >= 11 is 0. The maximum atomic E-state index is 12.2. The maximum absolute atomic E-state index is 12.2.